The number of fused-ring (bicyclic) bond motifs is 7. The highest BCUT2D eigenvalue weighted by molar-refractivity contribution is 5.89. The van der Waals surface area contributed by atoms with Crippen molar-refractivity contribution in [1.29, 1.82) is 0 Å². The van der Waals surface area contributed by atoms with E-state index in [0.29, 0.717) is 5.92 Å². The molecular formula is C21H18N2O. The molecule has 0 saturated heterocycles. The fraction of sp³-hybridized carbons (Fsp3) is 0.238. The molecule has 0 fully saturated rings. The molecule has 2 aliphatic rings. The minimum atomic E-state index is -0.377. The number of aromatic nitrogens is 2. The fourth-order valence-electron chi connectivity index (χ4n) is 4.19. The highest BCUT2D eigenvalue weighted by Crippen LogP contribution is 2.54. The predicted octanol–water partition coefficient (Wildman–Crippen LogP) is 4.90. The molecule has 118 valence electrons. The Morgan fingerprint density at radius 2 is 1.92 bits per heavy atom. The summed E-state index contributed by atoms with van der Waals surface area (Å²) >= 11 is 0. The van der Waals surface area contributed by atoms with Crippen molar-refractivity contribution in [3.05, 3.63) is 65.6 Å². The normalized spacial score (nSPS) is 18.9. The summed E-state index contributed by atoms with van der Waals surface area (Å²) in [5.74, 6) is 1.27. The molecule has 1 atom stereocenters. The maximum atomic E-state index is 6.36. The van der Waals surface area contributed by atoms with Crippen molar-refractivity contribution in [3.63, 3.8) is 0 Å². The number of hydrogen-bond donors (Lipinski definition) is 0. The van der Waals surface area contributed by atoms with E-state index in [0.717, 1.165) is 17.0 Å². The maximum absolute atomic E-state index is 6.36. The Labute approximate surface area is 141 Å². The average Bonchev–Trinajstić information content (AvgIpc) is 2.88. The van der Waals surface area contributed by atoms with Gasteiger partial charge >= 0.3 is 0 Å². The van der Waals surface area contributed by atoms with Crippen LogP contribution in [-0.2, 0) is 5.60 Å². The summed E-state index contributed by atoms with van der Waals surface area (Å²) in [6.45, 7) is 6.46. The minimum absolute atomic E-state index is 0.310. The summed E-state index contributed by atoms with van der Waals surface area (Å²) in [6, 6.07) is 10.6. The number of hydrogen-bond acceptors (Lipinski definition) is 3. The first-order valence-electron chi connectivity index (χ1n) is 8.34. The van der Waals surface area contributed by atoms with Gasteiger partial charge in [-0.25, -0.2) is 0 Å². The molecule has 3 heteroatoms. The topological polar surface area (TPSA) is 35.0 Å². The van der Waals surface area contributed by atoms with Crippen molar-refractivity contribution in [2.45, 2.75) is 32.3 Å². The van der Waals surface area contributed by atoms with Crippen LogP contribution in [0, 0.1) is 0 Å². The second-order valence-corrected chi connectivity index (χ2v) is 7.10. The number of nitrogens with zero attached hydrogens (tertiary/aromatic N) is 2. The first-order valence-corrected chi connectivity index (χ1v) is 8.34. The molecule has 0 spiro atoms. The van der Waals surface area contributed by atoms with Gasteiger partial charge in [0.25, 0.3) is 0 Å². The SMILES string of the molecule is CC1c2cccnc2-c2ccc3c(c21)-c1ccncc1C(C)(C)O3. The number of ether oxygens (including phenoxy) is 1. The van der Waals surface area contributed by atoms with E-state index in [1.807, 2.05) is 24.7 Å². The zero-order valence-electron chi connectivity index (χ0n) is 14.0. The monoisotopic (exact) mass is 314 g/mol. The smallest absolute Gasteiger partial charge is 0.130 e. The van der Waals surface area contributed by atoms with Crippen molar-refractivity contribution in [2.24, 2.45) is 0 Å². The second kappa shape index (κ2) is 4.44. The van der Waals surface area contributed by atoms with Gasteiger partial charge in [0, 0.05) is 41.2 Å². The van der Waals surface area contributed by atoms with Crippen LogP contribution in [0.1, 0.15) is 43.4 Å². The van der Waals surface area contributed by atoms with Crippen LogP contribution in [0.3, 0.4) is 0 Å². The zero-order valence-corrected chi connectivity index (χ0v) is 14.0. The summed E-state index contributed by atoms with van der Waals surface area (Å²) < 4.78 is 6.36. The molecule has 0 saturated carbocycles. The molecule has 0 amide bonds. The fourth-order valence-corrected chi connectivity index (χ4v) is 4.19. The summed E-state index contributed by atoms with van der Waals surface area (Å²) in [6.07, 6.45) is 5.68. The summed E-state index contributed by atoms with van der Waals surface area (Å²) in [5, 5.41) is 0. The molecule has 1 unspecified atom stereocenters. The molecule has 5 rings (SSSR count). The van der Waals surface area contributed by atoms with Crippen molar-refractivity contribution in [2.75, 3.05) is 0 Å². The van der Waals surface area contributed by atoms with Crippen LogP contribution in [0.25, 0.3) is 22.4 Å². The van der Waals surface area contributed by atoms with Gasteiger partial charge in [-0.15, -0.1) is 0 Å². The van der Waals surface area contributed by atoms with E-state index in [2.05, 4.69) is 55.0 Å². The van der Waals surface area contributed by atoms with Gasteiger partial charge in [0.05, 0.1) is 5.69 Å². The van der Waals surface area contributed by atoms with E-state index in [9.17, 15) is 0 Å². The molecule has 1 aliphatic carbocycles. The van der Waals surface area contributed by atoms with Crippen molar-refractivity contribution in [3.8, 4) is 28.1 Å². The van der Waals surface area contributed by atoms with Gasteiger partial charge in [0.15, 0.2) is 0 Å². The lowest BCUT2D eigenvalue weighted by Crippen LogP contribution is -2.29. The molecule has 1 aromatic carbocycles. The van der Waals surface area contributed by atoms with Crippen LogP contribution in [0.2, 0.25) is 0 Å². The highest BCUT2D eigenvalue weighted by atomic mass is 16.5. The second-order valence-electron chi connectivity index (χ2n) is 7.10. The third-order valence-electron chi connectivity index (χ3n) is 5.30. The predicted molar refractivity (Wildman–Crippen MR) is 94.1 cm³/mol. The van der Waals surface area contributed by atoms with Gasteiger partial charge in [-0.2, -0.15) is 0 Å². The van der Waals surface area contributed by atoms with Gasteiger partial charge in [-0.3, -0.25) is 9.97 Å². The number of pyridine rings is 2. The Morgan fingerprint density at radius 1 is 1.04 bits per heavy atom. The Hall–Kier alpha value is -2.68. The zero-order chi connectivity index (χ0) is 16.5. The summed E-state index contributed by atoms with van der Waals surface area (Å²) in [7, 11) is 0. The maximum Gasteiger partial charge on any atom is 0.130 e. The first kappa shape index (κ1) is 13.7. The molecule has 3 nitrogen and oxygen atoms in total. The van der Waals surface area contributed by atoms with Crippen LogP contribution in [-0.4, -0.2) is 9.97 Å². The Kier molecular flexibility index (Phi) is 2.54. The molecule has 24 heavy (non-hydrogen) atoms. The quantitative estimate of drug-likeness (QED) is 0.592. The van der Waals surface area contributed by atoms with Crippen molar-refractivity contribution >= 4 is 0 Å². The molecule has 1 aliphatic heterocycles. The minimum Gasteiger partial charge on any atom is -0.482 e. The summed E-state index contributed by atoms with van der Waals surface area (Å²) in [5.41, 5.74) is 8.14. The average molecular weight is 314 g/mol. The van der Waals surface area contributed by atoms with Gasteiger partial charge in [0.1, 0.15) is 11.4 Å². The number of benzene rings is 1. The van der Waals surface area contributed by atoms with Gasteiger partial charge in [0.2, 0.25) is 0 Å². The van der Waals surface area contributed by atoms with Crippen molar-refractivity contribution < 1.29 is 4.74 Å². The van der Waals surface area contributed by atoms with E-state index in [-0.39, 0.29) is 5.60 Å². The third-order valence-corrected chi connectivity index (χ3v) is 5.30. The lowest BCUT2D eigenvalue weighted by atomic mass is 9.82. The highest BCUT2D eigenvalue weighted by Gasteiger charge is 2.38. The Morgan fingerprint density at radius 3 is 2.79 bits per heavy atom. The Bertz CT molecular complexity index is 991. The van der Waals surface area contributed by atoms with Crippen LogP contribution in [0.4, 0.5) is 0 Å². The van der Waals surface area contributed by atoms with E-state index in [1.54, 1.807) is 0 Å². The van der Waals surface area contributed by atoms with Crippen LogP contribution < -0.4 is 4.74 Å². The largest absolute Gasteiger partial charge is 0.482 e. The molecule has 2 aromatic heterocycles. The first-order chi connectivity index (χ1) is 11.6. The van der Waals surface area contributed by atoms with Crippen LogP contribution >= 0.6 is 0 Å². The lowest BCUT2D eigenvalue weighted by Gasteiger charge is -2.35. The van der Waals surface area contributed by atoms with Crippen molar-refractivity contribution in [1.82, 2.24) is 9.97 Å². The summed E-state index contributed by atoms with van der Waals surface area (Å²) in [4.78, 5) is 8.96. The molecular weight excluding hydrogens is 296 g/mol. The molecule has 0 bridgehead atoms. The van der Waals surface area contributed by atoms with E-state index < -0.39 is 0 Å². The van der Waals surface area contributed by atoms with Gasteiger partial charge in [-0.05, 0) is 54.8 Å². The molecule has 0 radical (unpaired) electrons. The molecule has 3 aromatic rings. The van der Waals surface area contributed by atoms with E-state index in [4.69, 9.17) is 4.74 Å². The lowest BCUT2D eigenvalue weighted by molar-refractivity contribution is 0.105. The molecule has 3 heterocycles. The van der Waals surface area contributed by atoms with Crippen LogP contribution in [0.5, 0.6) is 5.75 Å². The van der Waals surface area contributed by atoms with E-state index >= 15 is 0 Å². The standard InChI is InChI=1S/C21H18N2O/c1-12-13-5-4-9-23-20(13)15-6-7-17-19(18(12)15)14-8-10-22-11-16(14)21(2,3)24-17/h4-12H,1-3H3. The Balaban J connectivity index is 1.86. The molecule has 0 N–H and O–H groups in total. The van der Waals surface area contributed by atoms with Crippen LogP contribution in [0.15, 0.2) is 48.9 Å². The number of rotatable bonds is 0. The van der Waals surface area contributed by atoms with Gasteiger partial charge in [-0.1, -0.05) is 13.0 Å². The van der Waals surface area contributed by atoms with E-state index in [1.165, 1.54) is 27.8 Å². The van der Waals surface area contributed by atoms with Gasteiger partial charge < -0.3 is 4.74 Å². The third kappa shape index (κ3) is 1.62.